The zero-order valence-corrected chi connectivity index (χ0v) is 14.1. The van der Waals surface area contributed by atoms with Crippen LogP contribution in [0.15, 0.2) is 55.0 Å². The summed E-state index contributed by atoms with van der Waals surface area (Å²) >= 11 is 0. The third-order valence-electron chi connectivity index (χ3n) is 4.06. The molecule has 3 aromatic rings. The summed E-state index contributed by atoms with van der Waals surface area (Å²) in [6, 6.07) is 11.4. The minimum absolute atomic E-state index is 0.152. The van der Waals surface area contributed by atoms with Crippen molar-refractivity contribution >= 4 is 11.9 Å². The van der Waals surface area contributed by atoms with Gasteiger partial charge in [-0.05, 0) is 42.7 Å². The number of pyridine rings is 1. The van der Waals surface area contributed by atoms with Crippen LogP contribution in [0.3, 0.4) is 0 Å². The van der Waals surface area contributed by atoms with Crippen molar-refractivity contribution in [2.24, 2.45) is 0 Å². The maximum Gasteiger partial charge on any atom is 0.255 e. The molecule has 0 saturated carbocycles. The number of carbonyl (C=O) groups excluding carboxylic acids is 1. The molecule has 0 spiro atoms. The summed E-state index contributed by atoms with van der Waals surface area (Å²) in [6.45, 7) is 3.76. The Morgan fingerprint density at radius 1 is 1.12 bits per heavy atom. The molecule has 3 rings (SSSR count). The zero-order chi connectivity index (χ0) is 17.8. The summed E-state index contributed by atoms with van der Waals surface area (Å²) in [4.78, 5) is 24.8. The molecule has 0 bridgehead atoms. The summed E-state index contributed by atoms with van der Waals surface area (Å²) in [7, 11) is 0. The Morgan fingerprint density at radius 3 is 2.52 bits per heavy atom. The highest BCUT2D eigenvalue weighted by Crippen LogP contribution is 2.25. The number of benzene rings is 1. The highest BCUT2D eigenvalue weighted by atomic mass is 16.1. The quantitative estimate of drug-likeness (QED) is 0.765. The summed E-state index contributed by atoms with van der Waals surface area (Å²) in [6.07, 6.45) is 4.88. The van der Waals surface area contributed by atoms with Gasteiger partial charge in [-0.25, -0.2) is 9.97 Å². The number of carbonyl (C=O) groups is 1. The number of hydrogen-bond donors (Lipinski definition) is 2. The van der Waals surface area contributed by atoms with Gasteiger partial charge >= 0.3 is 0 Å². The molecule has 1 atom stereocenters. The smallest absolute Gasteiger partial charge is 0.255 e. The van der Waals surface area contributed by atoms with Crippen molar-refractivity contribution in [3.05, 3.63) is 82.9 Å². The van der Waals surface area contributed by atoms with Crippen LogP contribution in [0.2, 0.25) is 0 Å². The second-order valence-corrected chi connectivity index (χ2v) is 5.77. The van der Waals surface area contributed by atoms with E-state index < -0.39 is 0 Å². The van der Waals surface area contributed by atoms with Gasteiger partial charge in [0, 0.05) is 18.6 Å². The molecule has 25 heavy (non-hydrogen) atoms. The lowest BCUT2D eigenvalue weighted by atomic mass is 9.95. The predicted octanol–water partition coefficient (Wildman–Crippen LogP) is 2.59. The van der Waals surface area contributed by atoms with E-state index in [2.05, 4.69) is 20.3 Å². The third kappa shape index (κ3) is 3.63. The van der Waals surface area contributed by atoms with Crippen LogP contribution in [0.5, 0.6) is 0 Å². The van der Waals surface area contributed by atoms with Crippen LogP contribution in [0.1, 0.15) is 38.8 Å². The number of nitrogens with one attached hydrogen (secondary N) is 1. The van der Waals surface area contributed by atoms with Gasteiger partial charge in [-0.1, -0.05) is 24.3 Å². The van der Waals surface area contributed by atoms with Crippen molar-refractivity contribution < 1.29 is 4.79 Å². The second-order valence-electron chi connectivity index (χ2n) is 5.77. The Morgan fingerprint density at radius 2 is 1.84 bits per heavy atom. The maximum absolute atomic E-state index is 12.8. The lowest BCUT2D eigenvalue weighted by molar-refractivity contribution is 0.0941. The van der Waals surface area contributed by atoms with Crippen LogP contribution in [0.25, 0.3) is 0 Å². The van der Waals surface area contributed by atoms with Gasteiger partial charge in [-0.3, -0.25) is 9.78 Å². The summed E-state index contributed by atoms with van der Waals surface area (Å²) < 4.78 is 0. The first kappa shape index (κ1) is 16.6. The lowest BCUT2D eigenvalue weighted by Gasteiger charge is -2.22. The van der Waals surface area contributed by atoms with E-state index in [1.54, 1.807) is 19.3 Å². The average molecular weight is 333 g/mol. The number of aryl methyl sites for hydroxylation is 2. The van der Waals surface area contributed by atoms with Gasteiger partial charge < -0.3 is 11.1 Å². The van der Waals surface area contributed by atoms with Crippen LogP contribution in [-0.4, -0.2) is 20.9 Å². The monoisotopic (exact) mass is 333 g/mol. The van der Waals surface area contributed by atoms with Crippen LogP contribution in [0.4, 0.5) is 5.95 Å². The molecule has 0 aliphatic carbocycles. The fourth-order valence-electron chi connectivity index (χ4n) is 2.72. The molecule has 126 valence electrons. The van der Waals surface area contributed by atoms with E-state index in [4.69, 9.17) is 5.73 Å². The van der Waals surface area contributed by atoms with Crippen LogP contribution >= 0.6 is 0 Å². The number of amides is 1. The van der Waals surface area contributed by atoms with Crippen molar-refractivity contribution in [2.75, 3.05) is 5.73 Å². The Kier molecular flexibility index (Phi) is 4.70. The molecule has 2 aromatic heterocycles. The van der Waals surface area contributed by atoms with E-state index in [9.17, 15) is 4.79 Å². The Labute approximate surface area is 146 Å². The molecule has 2 heterocycles. The van der Waals surface area contributed by atoms with Crippen molar-refractivity contribution in [1.82, 2.24) is 20.3 Å². The van der Waals surface area contributed by atoms with E-state index in [0.717, 1.165) is 16.7 Å². The fourth-order valence-corrected chi connectivity index (χ4v) is 2.72. The predicted molar refractivity (Wildman–Crippen MR) is 95.9 cm³/mol. The van der Waals surface area contributed by atoms with E-state index in [0.29, 0.717) is 11.3 Å². The first-order chi connectivity index (χ1) is 12.1. The first-order valence-electron chi connectivity index (χ1n) is 7.91. The van der Waals surface area contributed by atoms with Crippen molar-refractivity contribution in [3.8, 4) is 0 Å². The van der Waals surface area contributed by atoms with Crippen LogP contribution in [-0.2, 0) is 0 Å². The second kappa shape index (κ2) is 7.09. The van der Waals surface area contributed by atoms with Crippen molar-refractivity contribution in [1.29, 1.82) is 0 Å². The number of anilines is 1. The molecule has 0 unspecified atom stereocenters. The van der Waals surface area contributed by atoms with Crippen LogP contribution < -0.4 is 11.1 Å². The molecule has 6 heteroatoms. The number of aromatic nitrogens is 3. The minimum atomic E-state index is -0.298. The number of nitrogens with two attached hydrogens (primary N) is 1. The fraction of sp³-hybridized carbons (Fsp3) is 0.158. The molecule has 1 aromatic carbocycles. The summed E-state index contributed by atoms with van der Waals surface area (Å²) in [5.74, 6) is -0.0961. The zero-order valence-electron chi connectivity index (χ0n) is 14.1. The van der Waals surface area contributed by atoms with E-state index >= 15 is 0 Å². The molecular weight excluding hydrogens is 314 g/mol. The standard InChI is InChI=1S/C19H19N5O/c1-12-5-3-4-6-15(12)17(14-7-9-21-10-8-14)24-18(25)16-11-22-19(20)23-13(16)2/h3-11,17H,1-2H3,(H,24,25)(H2,20,22,23)/t17-/m0/s1. The Bertz CT molecular complexity index is 895. The largest absolute Gasteiger partial charge is 0.368 e. The summed E-state index contributed by atoms with van der Waals surface area (Å²) in [5.41, 5.74) is 9.59. The number of rotatable bonds is 4. The maximum atomic E-state index is 12.8. The first-order valence-corrected chi connectivity index (χ1v) is 7.91. The van der Waals surface area contributed by atoms with Crippen molar-refractivity contribution in [3.63, 3.8) is 0 Å². The molecule has 0 saturated heterocycles. The van der Waals surface area contributed by atoms with E-state index in [1.807, 2.05) is 43.3 Å². The SMILES string of the molecule is Cc1ccccc1[C@@H](NC(=O)c1cnc(N)nc1C)c1ccncc1. The van der Waals surface area contributed by atoms with Gasteiger partial charge in [0.05, 0.1) is 17.3 Å². The number of nitrogens with zero attached hydrogens (tertiary/aromatic N) is 3. The minimum Gasteiger partial charge on any atom is -0.368 e. The van der Waals surface area contributed by atoms with Gasteiger partial charge in [-0.15, -0.1) is 0 Å². The molecule has 0 radical (unpaired) electrons. The highest BCUT2D eigenvalue weighted by molar-refractivity contribution is 5.95. The third-order valence-corrected chi connectivity index (χ3v) is 4.06. The average Bonchev–Trinajstić information content (AvgIpc) is 2.61. The molecule has 3 N–H and O–H groups in total. The van der Waals surface area contributed by atoms with Gasteiger partial charge in [0.25, 0.3) is 5.91 Å². The van der Waals surface area contributed by atoms with Crippen molar-refractivity contribution in [2.45, 2.75) is 19.9 Å². The van der Waals surface area contributed by atoms with Crippen LogP contribution in [0, 0.1) is 13.8 Å². The van der Waals surface area contributed by atoms with Gasteiger partial charge in [0.15, 0.2) is 0 Å². The molecule has 0 aliphatic rings. The van der Waals surface area contributed by atoms with E-state index in [1.165, 1.54) is 6.20 Å². The Hall–Kier alpha value is -3.28. The lowest BCUT2D eigenvalue weighted by Crippen LogP contribution is -2.30. The van der Waals surface area contributed by atoms with Gasteiger partial charge in [-0.2, -0.15) is 0 Å². The number of nitrogen functional groups attached to an aromatic ring is 1. The topological polar surface area (TPSA) is 93.8 Å². The normalized spacial score (nSPS) is 11.8. The van der Waals surface area contributed by atoms with Gasteiger partial charge in [0.1, 0.15) is 0 Å². The summed E-state index contributed by atoms with van der Waals surface area (Å²) in [5, 5.41) is 3.08. The van der Waals surface area contributed by atoms with Gasteiger partial charge in [0.2, 0.25) is 5.95 Å². The molecule has 6 nitrogen and oxygen atoms in total. The molecule has 1 amide bonds. The number of hydrogen-bond acceptors (Lipinski definition) is 5. The van der Waals surface area contributed by atoms with E-state index in [-0.39, 0.29) is 17.9 Å². The molecule has 0 fully saturated rings. The highest BCUT2D eigenvalue weighted by Gasteiger charge is 2.21. The Balaban J connectivity index is 1.98. The molecular formula is C19H19N5O. The molecule has 0 aliphatic heterocycles.